The Bertz CT molecular complexity index is 290. The fourth-order valence-electron chi connectivity index (χ4n) is 2.19. The highest BCUT2D eigenvalue weighted by Gasteiger charge is 2.20. The van der Waals surface area contributed by atoms with Crippen LogP contribution in [0.25, 0.3) is 0 Å². The molecule has 1 heterocycles. The van der Waals surface area contributed by atoms with E-state index in [1.54, 1.807) is 0 Å². The summed E-state index contributed by atoms with van der Waals surface area (Å²) in [5, 5.41) is 6.99. The molecule has 0 saturated heterocycles. The van der Waals surface area contributed by atoms with Crippen LogP contribution in [0.2, 0.25) is 0 Å². The number of aromatic nitrogens is 2. The van der Waals surface area contributed by atoms with E-state index in [9.17, 15) is 0 Å². The summed E-state index contributed by atoms with van der Waals surface area (Å²) in [6.07, 6.45) is 7.73. The Kier molecular flexibility index (Phi) is 3.72. The van der Waals surface area contributed by atoms with E-state index >= 15 is 0 Å². The minimum absolute atomic E-state index is 0.505. The van der Waals surface area contributed by atoms with E-state index in [1.165, 1.54) is 38.5 Å². The number of hydrogen-bond donors (Lipinski definition) is 1. The molecule has 0 unspecified atom stereocenters. The fourth-order valence-corrected chi connectivity index (χ4v) is 2.19. The molecule has 2 rings (SSSR count). The van der Waals surface area contributed by atoms with Crippen molar-refractivity contribution in [3.8, 4) is 0 Å². The van der Waals surface area contributed by atoms with E-state index in [2.05, 4.69) is 15.5 Å². The Labute approximate surface area is 90.4 Å². The average molecular weight is 209 g/mol. The van der Waals surface area contributed by atoms with Crippen LogP contribution in [-0.2, 0) is 6.54 Å². The SMILES string of the molecule is CNCc1noc(C2CCCCCC2)n1. The van der Waals surface area contributed by atoms with Crippen molar-refractivity contribution in [3.63, 3.8) is 0 Å². The number of nitrogens with zero attached hydrogens (tertiary/aromatic N) is 2. The summed E-state index contributed by atoms with van der Waals surface area (Å²) in [6.45, 7) is 0.691. The number of nitrogens with one attached hydrogen (secondary N) is 1. The molecule has 1 aromatic rings. The zero-order valence-corrected chi connectivity index (χ0v) is 9.33. The monoisotopic (exact) mass is 209 g/mol. The average Bonchev–Trinajstić information content (AvgIpc) is 2.53. The van der Waals surface area contributed by atoms with Gasteiger partial charge in [-0.1, -0.05) is 30.8 Å². The van der Waals surface area contributed by atoms with Gasteiger partial charge in [0.1, 0.15) is 0 Å². The fraction of sp³-hybridized carbons (Fsp3) is 0.818. The molecule has 0 spiro atoms. The standard InChI is InChI=1S/C11H19N3O/c1-12-8-10-13-11(15-14-10)9-6-4-2-3-5-7-9/h9,12H,2-8H2,1H3. The molecule has 0 amide bonds. The molecule has 15 heavy (non-hydrogen) atoms. The molecule has 0 bridgehead atoms. The van der Waals surface area contributed by atoms with Crippen LogP contribution >= 0.6 is 0 Å². The second kappa shape index (κ2) is 5.26. The predicted molar refractivity (Wildman–Crippen MR) is 57.5 cm³/mol. The maximum atomic E-state index is 5.31. The molecular formula is C11H19N3O. The third kappa shape index (κ3) is 2.78. The normalized spacial score (nSPS) is 19.0. The summed E-state index contributed by atoms with van der Waals surface area (Å²) >= 11 is 0. The molecule has 0 radical (unpaired) electrons. The predicted octanol–water partition coefficient (Wildman–Crippen LogP) is 2.23. The summed E-state index contributed by atoms with van der Waals surface area (Å²) in [7, 11) is 1.89. The molecule has 4 nitrogen and oxygen atoms in total. The van der Waals surface area contributed by atoms with Crippen LogP contribution in [0.15, 0.2) is 4.52 Å². The quantitative estimate of drug-likeness (QED) is 0.775. The second-order valence-corrected chi connectivity index (χ2v) is 4.27. The molecule has 1 saturated carbocycles. The molecule has 0 aliphatic heterocycles. The van der Waals surface area contributed by atoms with Crippen molar-refractivity contribution in [3.05, 3.63) is 11.7 Å². The Morgan fingerprint density at radius 2 is 2.00 bits per heavy atom. The van der Waals surface area contributed by atoms with Crippen LogP contribution in [0, 0.1) is 0 Å². The van der Waals surface area contributed by atoms with Crippen LogP contribution in [0.4, 0.5) is 0 Å². The largest absolute Gasteiger partial charge is 0.339 e. The van der Waals surface area contributed by atoms with Gasteiger partial charge in [0, 0.05) is 5.92 Å². The second-order valence-electron chi connectivity index (χ2n) is 4.27. The van der Waals surface area contributed by atoms with E-state index in [0.717, 1.165) is 11.7 Å². The molecule has 84 valence electrons. The zero-order valence-electron chi connectivity index (χ0n) is 9.33. The van der Waals surface area contributed by atoms with Crippen molar-refractivity contribution in [2.75, 3.05) is 7.05 Å². The van der Waals surface area contributed by atoms with Crippen molar-refractivity contribution in [2.45, 2.75) is 51.0 Å². The lowest BCUT2D eigenvalue weighted by molar-refractivity contribution is 0.337. The van der Waals surface area contributed by atoms with Gasteiger partial charge in [-0.15, -0.1) is 0 Å². The van der Waals surface area contributed by atoms with Gasteiger partial charge in [0.15, 0.2) is 5.82 Å². The van der Waals surface area contributed by atoms with Crippen molar-refractivity contribution in [2.24, 2.45) is 0 Å². The first-order chi connectivity index (χ1) is 7.40. The summed E-state index contributed by atoms with van der Waals surface area (Å²) in [6, 6.07) is 0. The molecule has 1 N–H and O–H groups in total. The van der Waals surface area contributed by atoms with E-state index < -0.39 is 0 Å². The van der Waals surface area contributed by atoms with Crippen LogP contribution in [0.3, 0.4) is 0 Å². The van der Waals surface area contributed by atoms with E-state index in [1.807, 2.05) is 7.05 Å². The highest BCUT2D eigenvalue weighted by Crippen LogP contribution is 2.30. The first-order valence-electron chi connectivity index (χ1n) is 5.87. The van der Waals surface area contributed by atoms with Crippen molar-refractivity contribution < 1.29 is 4.52 Å². The van der Waals surface area contributed by atoms with Crippen molar-refractivity contribution in [1.29, 1.82) is 0 Å². The van der Waals surface area contributed by atoms with Gasteiger partial charge in [0.2, 0.25) is 5.89 Å². The molecule has 1 fully saturated rings. The molecule has 1 aromatic heterocycles. The van der Waals surface area contributed by atoms with Crippen molar-refractivity contribution in [1.82, 2.24) is 15.5 Å². The highest BCUT2D eigenvalue weighted by molar-refractivity contribution is 4.94. The maximum absolute atomic E-state index is 5.31. The third-order valence-corrected chi connectivity index (χ3v) is 3.02. The highest BCUT2D eigenvalue weighted by atomic mass is 16.5. The maximum Gasteiger partial charge on any atom is 0.229 e. The molecule has 1 aliphatic rings. The van der Waals surface area contributed by atoms with Gasteiger partial charge in [-0.25, -0.2) is 0 Å². The smallest absolute Gasteiger partial charge is 0.229 e. The van der Waals surface area contributed by atoms with Crippen LogP contribution < -0.4 is 5.32 Å². The van der Waals surface area contributed by atoms with Crippen LogP contribution in [-0.4, -0.2) is 17.2 Å². The van der Waals surface area contributed by atoms with Gasteiger partial charge >= 0.3 is 0 Å². The molecule has 0 atom stereocenters. The van der Waals surface area contributed by atoms with E-state index in [4.69, 9.17) is 4.52 Å². The Morgan fingerprint density at radius 3 is 2.67 bits per heavy atom. The van der Waals surface area contributed by atoms with Gasteiger partial charge in [-0.2, -0.15) is 4.98 Å². The number of hydrogen-bond acceptors (Lipinski definition) is 4. The molecule has 0 aromatic carbocycles. The Hall–Kier alpha value is -0.900. The third-order valence-electron chi connectivity index (χ3n) is 3.02. The minimum atomic E-state index is 0.505. The van der Waals surface area contributed by atoms with Gasteiger partial charge < -0.3 is 9.84 Å². The summed E-state index contributed by atoms with van der Waals surface area (Å²) in [5.74, 6) is 2.13. The first kappa shape index (κ1) is 10.6. The molecular weight excluding hydrogens is 190 g/mol. The van der Waals surface area contributed by atoms with Crippen LogP contribution in [0.5, 0.6) is 0 Å². The Morgan fingerprint density at radius 1 is 1.27 bits per heavy atom. The van der Waals surface area contributed by atoms with Gasteiger partial charge in [-0.05, 0) is 19.9 Å². The molecule has 4 heteroatoms. The van der Waals surface area contributed by atoms with Gasteiger partial charge in [0.25, 0.3) is 0 Å². The van der Waals surface area contributed by atoms with E-state index in [-0.39, 0.29) is 0 Å². The molecule has 1 aliphatic carbocycles. The van der Waals surface area contributed by atoms with Crippen molar-refractivity contribution >= 4 is 0 Å². The minimum Gasteiger partial charge on any atom is -0.339 e. The summed E-state index contributed by atoms with van der Waals surface area (Å²) in [4.78, 5) is 4.43. The summed E-state index contributed by atoms with van der Waals surface area (Å²) in [5.41, 5.74) is 0. The topological polar surface area (TPSA) is 51.0 Å². The van der Waals surface area contributed by atoms with Gasteiger partial charge in [0.05, 0.1) is 6.54 Å². The van der Waals surface area contributed by atoms with Gasteiger partial charge in [-0.3, -0.25) is 0 Å². The van der Waals surface area contributed by atoms with Crippen LogP contribution in [0.1, 0.15) is 56.2 Å². The summed E-state index contributed by atoms with van der Waals surface area (Å²) < 4.78 is 5.31. The van der Waals surface area contributed by atoms with E-state index in [0.29, 0.717) is 12.5 Å². The number of rotatable bonds is 3. The first-order valence-corrected chi connectivity index (χ1v) is 5.87. The zero-order chi connectivity index (χ0) is 10.5. The lowest BCUT2D eigenvalue weighted by atomic mass is 10.0. The lowest BCUT2D eigenvalue weighted by Gasteiger charge is -2.06. The lowest BCUT2D eigenvalue weighted by Crippen LogP contribution is -2.07. The Balaban J connectivity index is 2.00.